The molecule has 0 aromatic carbocycles. The van der Waals surface area contributed by atoms with Crippen LogP contribution in [-0.4, -0.2) is 24.8 Å². The lowest BCUT2D eigenvalue weighted by Crippen LogP contribution is -2.18. The van der Waals surface area contributed by atoms with E-state index in [2.05, 4.69) is 11.1 Å². The Balaban J connectivity index is 1.59. The van der Waals surface area contributed by atoms with Gasteiger partial charge in [0.2, 0.25) is 5.88 Å². The van der Waals surface area contributed by atoms with Gasteiger partial charge in [0.15, 0.2) is 0 Å². The fraction of sp³-hybridized carbons (Fsp3) is 0.667. The molecule has 3 heterocycles. The molecule has 1 aromatic heterocycles. The van der Waals surface area contributed by atoms with Gasteiger partial charge in [-0.15, -0.1) is 0 Å². The molecule has 0 amide bonds. The zero-order valence-corrected chi connectivity index (χ0v) is 10.7. The van der Waals surface area contributed by atoms with E-state index in [0.29, 0.717) is 5.41 Å². The molecule has 1 aromatic rings. The molecule has 4 rings (SSSR count). The van der Waals surface area contributed by atoms with Gasteiger partial charge < -0.3 is 9.47 Å². The molecule has 2 fully saturated rings. The molecule has 1 saturated carbocycles. The van der Waals surface area contributed by atoms with Crippen LogP contribution < -0.4 is 4.74 Å². The second-order valence-corrected chi connectivity index (χ2v) is 5.92. The second kappa shape index (κ2) is 3.95. The Hall–Kier alpha value is -1.09. The lowest BCUT2D eigenvalue weighted by molar-refractivity contribution is 0.0557. The van der Waals surface area contributed by atoms with E-state index in [4.69, 9.17) is 9.47 Å². The first-order valence-corrected chi connectivity index (χ1v) is 7.07. The van der Waals surface area contributed by atoms with Gasteiger partial charge in [-0.1, -0.05) is 0 Å². The van der Waals surface area contributed by atoms with Crippen LogP contribution in [-0.2, 0) is 11.2 Å². The maximum Gasteiger partial charge on any atom is 0.216 e. The summed E-state index contributed by atoms with van der Waals surface area (Å²) in [5.41, 5.74) is 3.29. The minimum atomic E-state index is 0.545. The number of hydrogen-bond donors (Lipinski definition) is 0. The van der Waals surface area contributed by atoms with E-state index in [1.807, 2.05) is 6.20 Å². The first-order chi connectivity index (χ1) is 8.87. The van der Waals surface area contributed by atoms with E-state index >= 15 is 0 Å². The summed E-state index contributed by atoms with van der Waals surface area (Å²) in [6.45, 7) is 2.71. The number of nitrogens with zero attached hydrogens (tertiary/aromatic N) is 1. The molecule has 96 valence electrons. The first-order valence-electron chi connectivity index (χ1n) is 7.07. The third-order valence-electron chi connectivity index (χ3n) is 4.86. The van der Waals surface area contributed by atoms with Crippen molar-refractivity contribution in [3.8, 4) is 5.88 Å². The van der Waals surface area contributed by atoms with E-state index in [9.17, 15) is 0 Å². The van der Waals surface area contributed by atoms with E-state index in [-0.39, 0.29) is 0 Å². The van der Waals surface area contributed by atoms with Gasteiger partial charge in [0.1, 0.15) is 0 Å². The highest BCUT2D eigenvalue weighted by molar-refractivity contribution is 5.37. The lowest BCUT2D eigenvalue weighted by atomic mass is 9.91. The summed E-state index contributed by atoms with van der Waals surface area (Å²) in [6, 6.07) is 2.34. The largest absolute Gasteiger partial charge is 0.477 e. The fourth-order valence-electron chi connectivity index (χ4n) is 3.60. The van der Waals surface area contributed by atoms with Gasteiger partial charge in [-0.25, -0.2) is 4.98 Å². The van der Waals surface area contributed by atoms with Crippen molar-refractivity contribution in [3.05, 3.63) is 23.4 Å². The summed E-state index contributed by atoms with van der Waals surface area (Å²) in [5, 5.41) is 0. The number of hydrogen-bond acceptors (Lipinski definition) is 3. The number of ether oxygens (including phenoxy) is 2. The van der Waals surface area contributed by atoms with Crippen molar-refractivity contribution in [2.75, 3.05) is 19.8 Å². The zero-order chi connectivity index (χ0) is 12.0. The molecule has 0 bridgehead atoms. The highest BCUT2D eigenvalue weighted by Gasteiger charge is 2.54. The summed E-state index contributed by atoms with van der Waals surface area (Å²) in [6.07, 6.45) is 8.08. The van der Waals surface area contributed by atoms with Gasteiger partial charge >= 0.3 is 0 Å². The smallest absolute Gasteiger partial charge is 0.216 e. The average molecular weight is 245 g/mol. The summed E-state index contributed by atoms with van der Waals surface area (Å²) in [5.74, 6) is 1.59. The maximum atomic E-state index is 5.58. The molecule has 1 spiro atoms. The molecular formula is C15H19NO2. The van der Waals surface area contributed by atoms with Crippen LogP contribution in [0.5, 0.6) is 5.88 Å². The second-order valence-electron chi connectivity index (χ2n) is 5.92. The Bertz CT molecular complexity index is 466. The Morgan fingerprint density at radius 1 is 1.22 bits per heavy atom. The summed E-state index contributed by atoms with van der Waals surface area (Å²) in [4.78, 5) is 4.50. The topological polar surface area (TPSA) is 31.4 Å². The van der Waals surface area contributed by atoms with Crippen molar-refractivity contribution in [2.45, 2.75) is 38.0 Å². The quantitative estimate of drug-likeness (QED) is 0.762. The molecule has 0 radical (unpaired) electrons. The van der Waals surface area contributed by atoms with E-state index < -0.39 is 0 Å². The molecule has 1 atom stereocenters. The highest BCUT2D eigenvalue weighted by Crippen LogP contribution is 2.64. The van der Waals surface area contributed by atoms with Crippen LogP contribution in [0.4, 0.5) is 0 Å². The number of rotatable bonds is 1. The van der Waals surface area contributed by atoms with Gasteiger partial charge in [0, 0.05) is 25.0 Å². The fourth-order valence-corrected chi connectivity index (χ4v) is 3.60. The van der Waals surface area contributed by atoms with Crippen LogP contribution >= 0.6 is 0 Å². The Labute approximate surface area is 108 Å². The highest BCUT2D eigenvalue weighted by atomic mass is 16.5. The third-order valence-corrected chi connectivity index (χ3v) is 4.86. The van der Waals surface area contributed by atoms with Crippen molar-refractivity contribution < 1.29 is 9.47 Å². The first kappa shape index (κ1) is 10.8. The van der Waals surface area contributed by atoms with Gasteiger partial charge in [-0.05, 0) is 55.1 Å². The summed E-state index contributed by atoms with van der Waals surface area (Å²) < 4.78 is 11.1. The molecule has 1 unspecified atom stereocenters. The third kappa shape index (κ3) is 1.64. The summed E-state index contributed by atoms with van der Waals surface area (Å²) in [7, 11) is 0. The molecule has 1 saturated heterocycles. The molecule has 18 heavy (non-hydrogen) atoms. The van der Waals surface area contributed by atoms with Crippen LogP contribution in [0, 0.1) is 5.41 Å². The standard InChI is InChI=1S/C15H19NO2/c1-2-11-8-12(10-16-14(11)18-5-1)13-9-15(13)3-6-17-7-4-15/h8,10,13H,1-7,9H2. The number of aryl methyl sites for hydroxylation is 1. The Kier molecular flexibility index (Phi) is 2.37. The van der Waals surface area contributed by atoms with Gasteiger partial charge in [-0.3, -0.25) is 0 Å². The average Bonchev–Trinajstić information content (AvgIpc) is 3.12. The van der Waals surface area contributed by atoms with Gasteiger partial charge in [0.05, 0.1) is 6.61 Å². The normalized spacial score (nSPS) is 28.6. The number of aromatic nitrogens is 1. The Morgan fingerprint density at radius 2 is 2.11 bits per heavy atom. The van der Waals surface area contributed by atoms with Crippen molar-refractivity contribution in [1.82, 2.24) is 4.98 Å². The van der Waals surface area contributed by atoms with Crippen molar-refractivity contribution in [2.24, 2.45) is 5.41 Å². The molecule has 3 aliphatic rings. The SMILES string of the molecule is c1nc2c(cc1C1CC13CCOCC3)CCCO2. The zero-order valence-electron chi connectivity index (χ0n) is 10.7. The minimum Gasteiger partial charge on any atom is -0.477 e. The monoisotopic (exact) mass is 245 g/mol. The van der Waals surface area contributed by atoms with Gasteiger partial charge in [0.25, 0.3) is 0 Å². The van der Waals surface area contributed by atoms with Crippen molar-refractivity contribution in [1.29, 1.82) is 0 Å². The molecule has 3 nitrogen and oxygen atoms in total. The van der Waals surface area contributed by atoms with Crippen LogP contribution in [0.15, 0.2) is 12.3 Å². The van der Waals surface area contributed by atoms with E-state index in [1.165, 1.54) is 30.4 Å². The predicted molar refractivity (Wildman–Crippen MR) is 67.9 cm³/mol. The van der Waals surface area contributed by atoms with Crippen molar-refractivity contribution in [3.63, 3.8) is 0 Å². The molecular weight excluding hydrogens is 226 g/mol. The summed E-state index contributed by atoms with van der Waals surface area (Å²) >= 11 is 0. The van der Waals surface area contributed by atoms with Crippen LogP contribution in [0.1, 0.15) is 42.7 Å². The van der Waals surface area contributed by atoms with E-state index in [0.717, 1.165) is 44.5 Å². The predicted octanol–water partition coefficient (Wildman–Crippen LogP) is 2.69. The minimum absolute atomic E-state index is 0.545. The molecule has 3 heteroatoms. The van der Waals surface area contributed by atoms with Crippen LogP contribution in [0.25, 0.3) is 0 Å². The number of fused-ring (bicyclic) bond motifs is 1. The van der Waals surface area contributed by atoms with Crippen molar-refractivity contribution >= 4 is 0 Å². The Morgan fingerprint density at radius 3 is 3.00 bits per heavy atom. The molecule has 1 aliphatic carbocycles. The van der Waals surface area contributed by atoms with Crippen LogP contribution in [0.3, 0.4) is 0 Å². The van der Waals surface area contributed by atoms with E-state index in [1.54, 1.807) is 0 Å². The van der Waals surface area contributed by atoms with Crippen LogP contribution in [0.2, 0.25) is 0 Å². The van der Waals surface area contributed by atoms with Gasteiger partial charge in [-0.2, -0.15) is 0 Å². The maximum absolute atomic E-state index is 5.58. The number of pyridine rings is 1. The lowest BCUT2D eigenvalue weighted by Gasteiger charge is -2.23. The molecule has 0 N–H and O–H groups in total. The molecule has 2 aliphatic heterocycles.